The number of carbonyl (C=O) groups excluding carboxylic acids is 1. The molecule has 4 rings (SSSR count). The molecule has 0 aliphatic carbocycles. The van der Waals surface area contributed by atoms with Crippen molar-refractivity contribution in [3.63, 3.8) is 0 Å². The number of aromatic nitrogens is 2. The summed E-state index contributed by atoms with van der Waals surface area (Å²) in [6, 6.07) is 8.04. The van der Waals surface area contributed by atoms with E-state index in [1.165, 1.54) is 0 Å². The first-order valence-electron chi connectivity index (χ1n) is 9.20. The number of rotatable bonds is 5. The highest BCUT2D eigenvalue weighted by molar-refractivity contribution is 7.97. The summed E-state index contributed by atoms with van der Waals surface area (Å²) in [5, 5.41) is 0. The number of carbonyl (C=O) groups is 1. The molecule has 2 fully saturated rings. The van der Waals surface area contributed by atoms with Crippen molar-refractivity contribution in [1.29, 1.82) is 0 Å². The molecule has 0 radical (unpaired) electrons. The van der Waals surface area contributed by atoms with Gasteiger partial charge in [-0.3, -0.25) is 4.79 Å². The van der Waals surface area contributed by atoms with Crippen LogP contribution in [-0.4, -0.2) is 59.2 Å². The lowest BCUT2D eigenvalue weighted by Crippen LogP contribution is -2.42. The zero-order valence-electron chi connectivity index (χ0n) is 15.1. The van der Waals surface area contributed by atoms with Gasteiger partial charge >= 0.3 is 0 Å². The van der Waals surface area contributed by atoms with Gasteiger partial charge in [0.25, 0.3) is 0 Å². The lowest BCUT2D eigenvalue weighted by molar-refractivity contribution is -0.137. The van der Waals surface area contributed by atoms with E-state index >= 15 is 0 Å². The van der Waals surface area contributed by atoms with Gasteiger partial charge in [-0.2, -0.15) is 11.8 Å². The Hall–Kier alpha value is -1.57. The summed E-state index contributed by atoms with van der Waals surface area (Å²) in [6.07, 6.45) is 3.87. The second-order valence-corrected chi connectivity index (χ2v) is 7.73. The third-order valence-corrected chi connectivity index (χ3v) is 5.77. The summed E-state index contributed by atoms with van der Waals surface area (Å²) in [5.74, 6) is 2.35. The molecule has 26 heavy (non-hydrogen) atoms. The third-order valence-electron chi connectivity index (χ3n) is 5.23. The van der Waals surface area contributed by atoms with E-state index in [-0.39, 0.29) is 12.2 Å². The number of benzene rings is 1. The van der Waals surface area contributed by atoms with E-state index in [2.05, 4.69) is 10.8 Å². The van der Waals surface area contributed by atoms with Crippen molar-refractivity contribution in [3.05, 3.63) is 30.1 Å². The van der Waals surface area contributed by atoms with Crippen LogP contribution in [0.1, 0.15) is 18.7 Å². The van der Waals surface area contributed by atoms with Crippen LogP contribution >= 0.6 is 11.8 Å². The van der Waals surface area contributed by atoms with Gasteiger partial charge in [-0.15, -0.1) is 0 Å². The maximum atomic E-state index is 12.9. The minimum absolute atomic E-state index is 0.0713. The number of fused-ring (bicyclic) bond motifs is 1. The van der Waals surface area contributed by atoms with E-state index < -0.39 is 0 Å². The number of thioether (sulfide) groups is 1. The van der Waals surface area contributed by atoms with E-state index in [9.17, 15) is 4.79 Å². The van der Waals surface area contributed by atoms with Gasteiger partial charge in [0.05, 0.1) is 30.0 Å². The number of piperidine rings is 1. The van der Waals surface area contributed by atoms with Crippen LogP contribution in [0.15, 0.2) is 24.3 Å². The molecule has 140 valence electrons. The summed E-state index contributed by atoms with van der Waals surface area (Å²) in [4.78, 5) is 19.6. The first-order chi connectivity index (χ1) is 12.8. The van der Waals surface area contributed by atoms with Crippen molar-refractivity contribution in [3.8, 4) is 0 Å². The Morgan fingerprint density at radius 2 is 1.96 bits per heavy atom. The standard InChI is InChI=1S/C19H25N3O3S/c1-26-13-17-20-15-4-2-3-5-16(15)22(17)12-18(23)21-8-6-14(7-9-21)19-24-10-11-25-19/h2-5,14,19H,6-13H2,1H3. The second-order valence-electron chi connectivity index (χ2n) is 6.86. The Kier molecular flexibility index (Phi) is 5.47. The maximum Gasteiger partial charge on any atom is 0.242 e. The van der Waals surface area contributed by atoms with Crippen molar-refractivity contribution in [2.45, 2.75) is 31.4 Å². The number of amides is 1. The van der Waals surface area contributed by atoms with Gasteiger partial charge in [0.15, 0.2) is 6.29 Å². The van der Waals surface area contributed by atoms with Gasteiger partial charge in [0.1, 0.15) is 12.4 Å². The van der Waals surface area contributed by atoms with Gasteiger partial charge in [0, 0.05) is 19.0 Å². The lowest BCUT2D eigenvalue weighted by Gasteiger charge is -2.34. The van der Waals surface area contributed by atoms with E-state index in [4.69, 9.17) is 14.5 Å². The van der Waals surface area contributed by atoms with Crippen LogP contribution in [0.4, 0.5) is 0 Å². The fourth-order valence-electron chi connectivity index (χ4n) is 3.85. The highest BCUT2D eigenvalue weighted by Crippen LogP contribution is 2.26. The first kappa shape index (κ1) is 17.8. The van der Waals surface area contributed by atoms with Crippen LogP contribution in [0.5, 0.6) is 0 Å². The molecule has 0 atom stereocenters. The summed E-state index contributed by atoms with van der Waals surface area (Å²) < 4.78 is 13.3. The maximum absolute atomic E-state index is 12.9. The molecule has 6 nitrogen and oxygen atoms in total. The molecule has 1 aromatic carbocycles. The zero-order chi connectivity index (χ0) is 17.9. The van der Waals surface area contributed by atoms with E-state index in [0.29, 0.717) is 25.7 Å². The fourth-order valence-corrected chi connectivity index (χ4v) is 4.32. The number of para-hydroxylation sites is 2. The highest BCUT2D eigenvalue weighted by Gasteiger charge is 2.32. The van der Waals surface area contributed by atoms with E-state index in [1.807, 2.05) is 29.2 Å². The van der Waals surface area contributed by atoms with Crippen LogP contribution in [-0.2, 0) is 26.6 Å². The molecule has 0 spiro atoms. The lowest BCUT2D eigenvalue weighted by atomic mass is 9.96. The molecule has 1 amide bonds. The molecule has 2 aliphatic rings. The highest BCUT2D eigenvalue weighted by atomic mass is 32.2. The molecule has 0 unspecified atom stereocenters. The van der Waals surface area contributed by atoms with Crippen molar-refractivity contribution in [2.75, 3.05) is 32.6 Å². The number of likely N-dealkylation sites (tertiary alicyclic amines) is 1. The molecule has 3 heterocycles. The van der Waals surface area contributed by atoms with Crippen molar-refractivity contribution in [1.82, 2.24) is 14.5 Å². The molecule has 0 bridgehead atoms. The molecule has 2 aromatic rings. The van der Waals surface area contributed by atoms with Crippen molar-refractivity contribution >= 4 is 28.7 Å². The molecule has 0 saturated carbocycles. The summed E-state index contributed by atoms with van der Waals surface area (Å²) in [7, 11) is 0. The summed E-state index contributed by atoms with van der Waals surface area (Å²) in [5.41, 5.74) is 1.99. The van der Waals surface area contributed by atoms with E-state index in [1.54, 1.807) is 11.8 Å². The molecule has 7 heteroatoms. The van der Waals surface area contributed by atoms with Crippen molar-refractivity contribution in [2.24, 2.45) is 5.92 Å². The monoisotopic (exact) mass is 375 g/mol. The topological polar surface area (TPSA) is 56.6 Å². The number of ether oxygens (including phenoxy) is 2. The first-order valence-corrected chi connectivity index (χ1v) is 10.6. The minimum atomic E-state index is -0.0713. The van der Waals surface area contributed by atoms with Gasteiger partial charge in [-0.25, -0.2) is 4.98 Å². The molecule has 2 saturated heterocycles. The smallest absolute Gasteiger partial charge is 0.242 e. The molecular weight excluding hydrogens is 350 g/mol. The Labute approximate surface area is 157 Å². The number of imidazole rings is 1. The second kappa shape index (κ2) is 7.98. The van der Waals surface area contributed by atoms with Crippen LogP contribution in [0.2, 0.25) is 0 Å². The summed E-state index contributed by atoms with van der Waals surface area (Å²) >= 11 is 1.73. The largest absolute Gasteiger partial charge is 0.350 e. The van der Waals surface area contributed by atoms with Gasteiger partial charge in [0.2, 0.25) is 5.91 Å². The summed E-state index contributed by atoms with van der Waals surface area (Å²) in [6.45, 7) is 3.29. The van der Waals surface area contributed by atoms with E-state index in [0.717, 1.165) is 48.5 Å². The fraction of sp³-hybridized carbons (Fsp3) is 0.579. The number of hydrogen-bond donors (Lipinski definition) is 0. The Morgan fingerprint density at radius 3 is 2.69 bits per heavy atom. The average Bonchev–Trinajstić information content (AvgIpc) is 3.31. The zero-order valence-corrected chi connectivity index (χ0v) is 15.9. The van der Waals surface area contributed by atoms with Gasteiger partial charge < -0.3 is 18.9 Å². The van der Waals surface area contributed by atoms with Gasteiger partial charge in [-0.1, -0.05) is 12.1 Å². The Balaban J connectivity index is 1.43. The molecule has 2 aliphatic heterocycles. The SMILES string of the molecule is CSCc1nc2ccccc2n1CC(=O)N1CCC(C2OCCO2)CC1. The quantitative estimate of drug-likeness (QED) is 0.804. The predicted octanol–water partition coefficient (Wildman–Crippen LogP) is 2.51. The van der Waals surface area contributed by atoms with Crippen LogP contribution in [0.25, 0.3) is 11.0 Å². The molecule has 0 N–H and O–H groups in total. The van der Waals surface area contributed by atoms with Crippen LogP contribution in [0, 0.1) is 5.92 Å². The van der Waals surface area contributed by atoms with Gasteiger partial charge in [-0.05, 0) is 31.2 Å². The normalized spacial score (nSPS) is 19.5. The molecular formula is C19H25N3O3S. The Bertz CT molecular complexity index is 764. The van der Waals surface area contributed by atoms with Crippen LogP contribution in [0.3, 0.4) is 0 Å². The van der Waals surface area contributed by atoms with Crippen LogP contribution < -0.4 is 0 Å². The number of nitrogens with zero attached hydrogens (tertiary/aromatic N) is 3. The van der Waals surface area contributed by atoms with Crippen molar-refractivity contribution < 1.29 is 14.3 Å². The third kappa shape index (κ3) is 3.61. The average molecular weight is 375 g/mol. The predicted molar refractivity (Wildman–Crippen MR) is 102 cm³/mol. The Morgan fingerprint density at radius 1 is 1.23 bits per heavy atom. The minimum Gasteiger partial charge on any atom is -0.350 e. The number of hydrogen-bond acceptors (Lipinski definition) is 5. The molecule has 1 aromatic heterocycles.